The van der Waals surface area contributed by atoms with Crippen LogP contribution in [-0.4, -0.2) is 21.3 Å². The third kappa shape index (κ3) is 3.16. The van der Waals surface area contributed by atoms with E-state index < -0.39 is 0 Å². The Labute approximate surface area is 123 Å². The molecule has 0 aliphatic heterocycles. The molecular weight excluding hydrogens is 274 g/mol. The van der Waals surface area contributed by atoms with Crippen molar-refractivity contribution in [2.45, 2.75) is 26.3 Å². The van der Waals surface area contributed by atoms with Crippen molar-refractivity contribution in [1.82, 2.24) is 20.1 Å². The zero-order valence-corrected chi connectivity index (χ0v) is 12.2. The fraction of sp³-hybridized carbons (Fsp3) is 0.357. The van der Waals surface area contributed by atoms with Crippen LogP contribution in [0.4, 0.5) is 0 Å². The zero-order valence-electron chi connectivity index (χ0n) is 11.5. The van der Waals surface area contributed by atoms with Gasteiger partial charge in [-0.25, -0.2) is 9.67 Å². The van der Waals surface area contributed by atoms with Crippen LogP contribution < -0.4 is 5.32 Å². The lowest BCUT2D eigenvalue weighted by Gasteiger charge is -2.15. The lowest BCUT2D eigenvalue weighted by atomic mass is 10.1. The summed E-state index contributed by atoms with van der Waals surface area (Å²) in [5, 5.41) is 16.8. The topological polar surface area (TPSA) is 66.5 Å². The van der Waals surface area contributed by atoms with Gasteiger partial charge in [-0.05, 0) is 37.6 Å². The van der Waals surface area contributed by atoms with E-state index >= 15 is 0 Å². The summed E-state index contributed by atoms with van der Waals surface area (Å²) in [5.74, 6) is 0.142. The summed E-state index contributed by atoms with van der Waals surface area (Å²) in [5.41, 5.74) is 1.83. The van der Waals surface area contributed by atoms with E-state index in [0.29, 0.717) is 5.02 Å². The molecule has 0 saturated carbocycles. The first kappa shape index (κ1) is 14.5. The van der Waals surface area contributed by atoms with E-state index in [1.54, 1.807) is 4.68 Å². The third-order valence-corrected chi connectivity index (χ3v) is 3.33. The molecule has 2 rings (SSSR count). The van der Waals surface area contributed by atoms with Crippen molar-refractivity contribution in [1.29, 1.82) is 5.26 Å². The Hall–Kier alpha value is -1.90. The van der Waals surface area contributed by atoms with Gasteiger partial charge in [-0.15, -0.1) is 5.10 Å². The molecule has 0 aliphatic rings. The summed E-state index contributed by atoms with van der Waals surface area (Å²) in [6, 6.07) is 7.81. The molecule has 6 heteroatoms. The van der Waals surface area contributed by atoms with Crippen molar-refractivity contribution in [3.8, 4) is 11.8 Å². The van der Waals surface area contributed by atoms with Crippen LogP contribution in [-0.2, 0) is 0 Å². The second-order valence-electron chi connectivity index (χ2n) is 4.51. The van der Waals surface area contributed by atoms with Crippen molar-refractivity contribution in [3.05, 3.63) is 40.9 Å². The standard InChI is InChI=1S/C14H16ClN5/c1-3-6-17-10(2)12-5-4-11(7-13(12)15)20-9-18-14(8-16)19-20/h4-5,7,9-10,17H,3,6H2,1-2H3. The summed E-state index contributed by atoms with van der Waals surface area (Å²) >= 11 is 6.33. The maximum atomic E-state index is 8.73. The monoisotopic (exact) mass is 289 g/mol. The first-order chi connectivity index (χ1) is 9.65. The highest BCUT2D eigenvalue weighted by Gasteiger charge is 2.10. The predicted octanol–water partition coefficient (Wildman–Crippen LogP) is 2.85. The van der Waals surface area contributed by atoms with E-state index in [2.05, 4.69) is 29.2 Å². The van der Waals surface area contributed by atoms with Crippen molar-refractivity contribution in [3.63, 3.8) is 0 Å². The highest BCUT2D eigenvalue weighted by atomic mass is 35.5. The molecule has 1 aromatic carbocycles. The van der Waals surface area contributed by atoms with Crippen LogP contribution in [0.25, 0.3) is 5.69 Å². The molecule has 0 saturated heterocycles. The van der Waals surface area contributed by atoms with Crippen LogP contribution in [0.3, 0.4) is 0 Å². The van der Waals surface area contributed by atoms with E-state index in [4.69, 9.17) is 16.9 Å². The first-order valence-corrected chi connectivity index (χ1v) is 6.88. The summed E-state index contributed by atoms with van der Waals surface area (Å²) < 4.78 is 1.54. The van der Waals surface area contributed by atoms with Gasteiger partial charge in [-0.3, -0.25) is 0 Å². The molecule has 1 unspecified atom stereocenters. The molecule has 2 aromatic rings. The number of rotatable bonds is 5. The van der Waals surface area contributed by atoms with Gasteiger partial charge in [-0.2, -0.15) is 5.26 Å². The number of hydrogen-bond acceptors (Lipinski definition) is 4. The molecule has 1 heterocycles. The van der Waals surface area contributed by atoms with E-state index in [0.717, 1.165) is 24.2 Å². The van der Waals surface area contributed by atoms with Crippen LogP contribution in [0.1, 0.15) is 37.7 Å². The smallest absolute Gasteiger partial charge is 0.252 e. The lowest BCUT2D eigenvalue weighted by Crippen LogP contribution is -2.19. The maximum Gasteiger partial charge on any atom is 0.252 e. The van der Waals surface area contributed by atoms with Gasteiger partial charge in [0.25, 0.3) is 5.82 Å². The Morgan fingerprint density at radius 1 is 1.50 bits per heavy atom. The van der Waals surface area contributed by atoms with Crippen LogP contribution in [0.5, 0.6) is 0 Å². The average Bonchev–Trinajstić information content (AvgIpc) is 2.93. The summed E-state index contributed by atoms with van der Waals surface area (Å²) in [4.78, 5) is 3.87. The Bertz CT molecular complexity index is 629. The molecule has 0 radical (unpaired) electrons. The Morgan fingerprint density at radius 3 is 2.90 bits per heavy atom. The van der Waals surface area contributed by atoms with E-state index in [-0.39, 0.29) is 11.9 Å². The molecule has 0 bridgehead atoms. The number of benzene rings is 1. The molecule has 5 nitrogen and oxygen atoms in total. The van der Waals surface area contributed by atoms with Gasteiger partial charge in [0.15, 0.2) is 0 Å². The van der Waals surface area contributed by atoms with Crippen LogP contribution in [0, 0.1) is 11.3 Å². The zero-order chi connectivity index (χ0) is 14.5. The molecule has 0 spiro atoms. The molecule has 0 fully saturated rings. The first-order valence-electron chi connectivity index (χ1n) is 6.50. The number of halogens is 1. The second kappa shape index (κ2) is 6.51. The quantitative estimate of drug-likeness (QED) is 0.919. The molecule has 20 heavy (non-hydrogen) atoms. The van der Waals surface area contributed by atoms with Crippen molar-refractivity contribution < 1.29 is 0 Å². The van der Waals surface area contributed by atoms with Crippen LogP contribution in [0.15, 0.2) is 24.5 Å². The number of hydrogen-bond donors (Lipinski definition) is 1. The number of nitriles is 1. The molecule has 104 valence electrons. The minimum atomic E-state index is 0.142. The van der Waals surface area contributed by atoms with Crippen LogP contribution >= 0.6 is 11.6 Å². The maximum absolute atomic E-state index is 8.73. The number of nitrogens with zero attached hydrogens (tertiary/aromatic N) is 4. The lowest BCUT2D eigenvalue weighted by molar-refractivity contribution is 0.571. The van der Waals surface area contributed by atoms with Gasteiger partial charge in [0.05, 0.1) is 5.69 Å². The number of aromatic nitrogens is 3. The van der Waals surface area contributed by atoms with Crippen molar-refractivity contribution in [2.24, 2.45) is 0 Å². The summed E-state index contributed by atoms with van der Waals surface area (Å²) in [6.45, 7) is 5.16. The predicted molar refractivity (Wildman–Crippen MR) is 77.8 cm³/mol. The largest absolute Gasteiger partial charge is 0.310 e. The third-order valence-electron chi connectivity index (χ3n) is 3.01. The highest BCUT2D eigenvalue weighted by molar-refractivity contribution is 6.31. The van der Waals surface area contributed by atoms with Crippen molar-refractivity contribution in [2.75, 3.05) is 6.54 Å². The van der Waals surface area contributed by atoms with Gasteiger partial charge in [0.1, 0.15) is 12.4 Å². The Morgan fingerprint density at radius 2 is 2.30 bits per heavy atom. The summed E-state index contributed by atoms with van der Waals surface area (Å²) in [6.07, 6.45) is 2.58. The molecule has 1 N–H and O–H groups in total. The number of nitrogens with one attached hydrogen (secondary N) is 1. The molecule has 0 amide bonds. The van der Waals surface area contributed by atoms with Gasteiger partial charge >= 0.3 is 0 Å². The fourth-order valence-corrected chi connectivity index (χ4v) is 2.26. The molecular formula is C14H16ClN5. The minimum Gasteiger partial charge on any atom is -0.310 e. The molecule has 0 aliphatic carbocycles. The fourth-order valence-electron chi connectivity index (χ4n) is 1.92. The second-order valence-corrected chi connectivity index (χ2v) is 4.91. The Balaban J connectivity index is 2.23. The van der Waals surface area contributed by atoms with Gasteiger partial charge in [0.2, 0.25) is 0 Å². The Kier molecular flexibility index (Phi) is 4.72. The van der Waals surface area contributed by atoms with E-state index in [1.807, 2.05) is 24.3 Å². The van der Waals surface area contributed by atoms with Gasteiger partial charge in [-0.1, -0.05) is 24.6 Å². The van der Waals surface area contributed by atoms with Crippen molar-refractivity contribution >= 4 is 11.6 Å². The normalized spacial score (nSPS) is 12.1. The van der Waals surface area contributed by atoms with E-state index in [1.165, 1.54) is 6.33 Å². The minimum absolute atomic E-state index is 0.142. The van der Waals surface area contributed by atoms with Gasteiger partial charge < -0.3 is 5.32 Å². The average molecular weight is 290 g/mol. The van der Waals surface area contributed by atoms with Crippen LogP contribution in [0.2, 0.25) is 5.02 Å². The summed E-state index contributed by atoms with van der Waals surface area (Å²) in [7, 11) is 0. The SMILES string of the molecule is CCCNC(C)c1ccc(-n2cnc(C#N)n2)cc1Cl. The van der Waals surface area contributed by atoms with Gasteiger partial charge in [0, 0.05) is 11.1 Å². The molecule has 1 aromatic heterocycles. The highest BCUT2D eigenvalue weighted by Crippen LogP contribution is 2.25. The molecule has 1 atom stereocenters. The van der Waals surface area contributed by atoms with E-state index in [9.17, 15) is 0 Å².